The van der Waals surface area contributed by atoms with Gasteiger partial charge in [-0.2, -0.15) is 0 Å². The van der Waals surface area contributed by atoms with E-state index in [1.807, 2.05) is 0 Å². The van der Waals surface area contributed by atoms with Crippen molar-refractivity contribution in [3.63, 3.8) is 0 Å². The second-order valence-electron chi connectivity index (χ2n) is 3.29. The van der Waals surface area contributed by atoms with E-state index in [-0.39, 0.29) is 0 Å². The number of hydrogen-bond acceptors (Lipinski definition) is 2. The van der Waals surface area contributed by atoms with Crippen molar-refractivity contribution >= 4 is 11.4 Å². The van der Waals surface area contributed by atoms with Crippen molar-refractivity contribution in [1.29, 1.82) is 0 Å². The van der Waals surface area contributed by atoms with Crippen LogP contribution in [0.4, 0.5) is 0 Å². The molecule has 2 nitrogen and oxygen atoms in total. The lowest BCUT2D eigenvalue weighted by molar-refractivity contribution is 0.575. The Balaban J connectivity index is 1.58. The molecule has 10 heavy (non-hydrogen) atoms. The maximum Gasteiger partial charge on any atom is 0.135 e. The minimum Gasteiger partial charge on any atom is -0.598 e. The molecule has 3 heteroatoms. The van der Waals surface area contributed by atoms with Gasteiger partial charge in [-0.3, -0.25) is 0 Å². The molecule has 1 atom stereocenters. The quantitative estimate of drug-likeness (QED) is 0.616. The molecule has 0 radical (unpaired) electrons. The molecule has 0 aromatic rings. The van der Waals surface area contributed by atoms with Crippen molar-refractivity contribution in [3.05, 3.63) is 0 Å². The van der Waals surface area contributed by atoms with Crippen LogP contribution in [0.2, 0.25) is 0 Å². The van der Waals surface area contributed by atoms with Gasteiger partial charge in [-0.05, 0) is 18.8 Å². The van der Waals surface area contributed by atoms with E-state index in [1.165, 1.54) is 25.7 Å². The van der Waals surface area contributed by atoms with Gasteiger partial charge in [-0.15, -0.1) is 4.72 Å². The van der Waals surface area contributed by atoms with Crippen LogP contribution in [0.1, 0.15) is 25.7 Å². The number of nitrogens with one attached hydrogen (secondary N) is 1. The molecule has 0 aliphatic heterocycles. The van der Waals surface area contributed by atoms with Gasteiger partial charge in [0, 0.05) is 30.7 Å². The molecule has 2 aliphatic carbocycles. The van der Waals surface area contributed by atoms with E-state index in [9.17, 15) is 4.55 Å². The molecule has 1 unspecified atom stereocenters. The highest BCUT2D eigenvalue weighted by molar-refractivity contribution is 7.90. The van der Waals surface area contributed by atoms with Crippen molar-refractivity contribution < 1.29 is 4.55 Å². The van der Waals surface area contributed by atoms with Gasteiger partial charge in [0.15, 0.2) is 0 Å². The Morgan fingerprint density at radius 1 is 1.30 bits per heavy atom. The molecular formula is C7H13NOS. The molecule has 2 aliphatic rings. The van der Waals surface area contributed by atoms with E-state index in [0.29, 0.717) is 5.25 Å². The number of hydrogen-bond donors (Lipinski definition) is 1. The second kappa shape index (κ2) is 2.72. The van der Waals surface area contributed by atoms with Crippen LogP contribution in [0.25, 0.3) is 0 Å². The molecule has 0 spiro atoms. The largest absolute Gasteiger partial charge is 0.598 e. The molecule has 0 aromatic heterocycles. The summed E-state index contributed by atoms with van der Waals surface area (Å²) < 4.78 is 14.2. The molecular weight excluding hydrogens is 146 g/mol. The average Bonchev–Trinajstić information content (AvgIpc) is 2.76. The van der Waals surface area contributed by atoms with Gasteiger partial charge in [-0.25, -0.2) is 0 Å². The highest BCUT2D eigenvalue weighted by Gasteiger charge is 2.35. The second-order valence-corrected chi connectivity index (χ2v) is 4.84. The molecule has 1 N–H and O–H groups in total. The molecule has 0 bridgehead atoms. The van der Waals surface area contributed by atoms with Gasteiger partial charge < -0.3 is 4.55 Å². The fraction of sp³-hybridized carbons (Fsp3) is 1.00. The lowest BCUT2D eigenvalue weighted by Gasteiger charge is -2.08. The van der Waals surface area contributed by atoms with Crippen LogP contribution in [0.15, 0.2) is 0 Å². The van der Waals surface area contributed by atoms with Crippen LogP contribution in [-0.4, -0.2) is 16.3 Å². The maximum atomic E-state index is 11.1. The van der Waals surface area contributed by atoms with Crippen molar-refractivity contribution in [2.75, 3.05) is 6.54 Å². The van der Waals surface area contributed by atoms with E-state index in [0.717, 1.165) is 12.5 Å². The summed E-state index contributed by atoms with van der Waals surface area (Å²) in [6, 6.07) is 0. The van der Waals surface area contributed by atoms with Gasteiger partial charge in [0.2, 0.25) is 0 Å². The summed E-state index contributed by atoms with van der Waals surface area (Å²) in [5.41, 5.74) is 0. The summed E-state index contributed by atoms with van der Waals surface area (Å²) in [5.74, 6) is 0.850. The van der Waals surface area contributed by atoms with E-state index in [4.69, 9.17) is 0 Å². The summed E-state index contributed by atoms with van der Waals surface area (Å²) in [7, 11) is 0. The van der Waals surface area contributed by atoms with Crippen LogP contribution in [0, 0.1) is 5.92 Å². The predicted molar refractivity (Wildman–Crippen MR) is 41.9 cm³/mol. The standard InChI is InChI=1S/C7H13NOS/c9-10(7-3-4-7)8-5-6-1-2-6/h6-8H,1-5H2. The Labute approximate surface area is 64.7 Å². The van der Waals surface area contributed by atoms with Crippen molar-refractivity contribution in [3.8, 4) is 0 Å². The SMILES string of the molecule is [O-][S+](NCC1CC1)C1CC1. The van der Waals surface area contributed by atoms with Crippen LogP contribution in [-0.2, 0) is 11.4 Å². The molecule has 58 valence electrons. The zero-order valence-electron chi connectivity index (χ0n) is 6.01. The Kier molecular flexibility index (Phi) is 1.89. The van der Waals surface area contributed by atoms with E-state index >= 15 is 0 Å². The third-order valence-corrected chi connectivity index (χ3v) is 3.57. The fourth-order valence-corrected chi connectivity index (χ4v) is 2.12. The molecule has 2 fully saturated rings. The van der Waals surface area contributed by atoms with Gasteiger partial charge >= 0.3 is 0 Å². The first-order valence-corrected chi connectivity index (χ1v) is 5.21. The minimum absolute atomic E-state index is 0.499. The average molecular weight is 159 g/mol. The van der Waals surface area contributed by atoms with E-state index in [2.05, 4.69) is 4.72 Å². The van der Waals surface area contributed by atoms with Crippen LogP contribution in [0.5, 0.6) is 0 Å². The van der Waals surface area contributed by atoms with Crippen molar-refractivity contribution in [1.82, 2.24) is 4.72 Å². The van der Waals surface area contributed by atoms with Crippen molar-refractivity contribution in [2.24, 2.45) is 5.92 Å². The van der Waals surface area contributed by atoms with Crippen LogP contribution >= 0.6 is 0 Å². The Hall–Kier alpha value is 0.270. The molecule has 2 saturated carbocycles. The minimum atomic E-state index is -0.691. The summed E-state index contributed by atoms with van der Waals surface area (Å²) in [5, 5.41) is 0.499. The zero-order valence-corrected chi connectivity index (χ0v) is 6.82. The fourth-order valence-electron chi connectivity index (χ4n) is 0.922. The van der Waals surface area contributed by atoms with Crippen LogP contribution < -0.4 is 4.72 Å². The first kappa shape index (κ1) is 6.95. The molecule has 0 heterocycles. The lowest BCUT2D eigenvalue weighted by atomic mass is 10.4. The third kappa shape index (κ3) is 1.87. The van der Waals surface area contributed by atoms with Gasteiger partial charge in [0.25, 0.3) is 0 Å². The highest BCUT2D eigenvalue weighted by Crippen LogP contribution is 2.30. The smallest absolute Gasteiger partial charge is 0.135 e. The first-order valence-electron chi connectivity index (χ1n) is 4.00. The highest BCUT2D eigenvalue weighted by atomic mass is 32.2. The maximum absolute atomic E-state index is 11.1. The number of rotatable bonds is 4. The lowest BCUT2D eigenvalue weighted by Crippen LogP contribution is -2.28. The molecule has 0 saturated heterocycles. The predicted octanol–water partition coefficient (Wildman–Crippen LogP) is 0.812. The van der Waals surface area contributed by atoms with Gasteiger partial charge in [0.1, 0.15) is 5.25 Å². The van der Waals surface area contributed by atoms with Crippen molar-refractivity contribution in [2.45, 2.75) is 30.9 Å². The first-order chi connectivity index (χ1) is 4.86. The Morgan fingerprint density at radius 3 is 2.50 bits per heavy atom. The Morgan fingerprint density at radius 2 is 2.00 bits per heavy atom. The van der Waals surface area contributed by atoms with E-state index < -0.39 is 11.4 Å². The summed E-state index contributed by atoms with van der Waals surface area (Å²) in [6.45, 7) is 0.989. The normalized spacial score (nSPS) is 28.5. The third-order valence-electron chi connectivity index (χ3n) is 2.04. The summed E-state index contributed by atoms with van der Waals surface area (Å²) in [6.07, 6.45) is 5.03. The van der Waals surface area contributed by atoms with Gasteiger partial charge in [0.05, 0.1) is 0 Å². The molecule has 0 amide bonds. The zero-order chi connectivity index (χ0) is 6.97. The van der Waals surface area contributed by atoms with Crippen LogP contribution in [0.3, 0.4) is 0 Å². The summed E-state index contributed by atoms with van der Waals surface area (Å²) in [4.78, 5) is 0. The molecule has 0 aromatic carbocycles. The summed E-state index contributed by atoms with van der Waals surface area (Å²) >= 11 is -0.691. The monoisotopic (exact) mass is 159 g/mol. The van der Waals surface area contributed by atoms with Gasteiger partial charge in [-0.1, -0.05) is 0 Å². The Bertz CT molecular complexity index is 123. The topological polar surface area (TPSA) is 35.1 Å². The molecule has 2 rings (SSSR count). The van der Waals surface area contributed by atoms with E-state index in [1.54, 1.807) is 0 Å².